The highest BCUT2D eigenvalue weighted by molar-refractivity contribution is 5.78. The third-order valence-electron chi connectivity index (χ3n) is 5.66. The number of methoxy groups -OCH3 is 1. The molecule has 6 nitrogen and oxygen atoms in total. The van der Waals surface area contributed by atoms with Crippen molar-refractivity contribution in [1.29, 1.82) is 0 Å². The van der Waals surface area contributed by atoms with Gasteiger partial charge in [0.25, 0.3) is 0 Å². The van der Waals surface area contributed by atoms with Crippen molar-refractivity contribution in [2.24, 2.45) is 0 Å². The van der Waals surface area contributed by atoms with Crippen molar-refractivity contribution in [2.75, 3.05) is 44.7 Å². The van der Waals surface area contributed by atoms with E-state index in [0.717, 1.165) is 43.3 Å². The third kappa shape index (κ3) is 5.67. The molecule has 0 spiro atoms. The molecule has 0 saturated carbocycles. The Morgan fingerprint density at radius 2 is 1.68 bits per heavy atom. The number of benzene rings is 2. The van der Waals surface area contributed by atoms with Gasteiger partial charge in [-0.15, -0.1) is 0 Å². The van der Waals surface area contributed by atoms with Crippen LogP contribution in [0.5, 0.6) is 5.75 Å². The van der Waals surface area contributed by atoms with E-state index in [2.05, 4.69) is 34.1 Å². The minimum absolute atomic E-state index is 0.123. The van der Waals surface area contributed by atoms with Gasteiger partial charge in [0, 0.05) is 38.4 Å². The molecule has 0 radical (unpaired) electrons. The van der Waals surface area contributed by atoms with Gasteiger partial charge < -0.3 is 19.0 Å². The second-order valence-corrected chi connectivity index (χ2v) is 7.78. The number of hydrogen-bond acceptors (Lipinski definition) is 5. The van der Waals surface area contributed by atoms with E-state index in [1.54, 1.807) is 13.4 Å². The summed E-state index contributed by atoms with van der Waals surface area (Å²) in [6.07, 6.45) is 1.65. The molecule has 31 heavy (non-hydrogen) atoms. The maximum Gasteiger partial charge on any atom is 0.237 e. The Hall–Kier alpha value is -3.25. The second-order valence-electron chi connectivity index (χ2n) is 7.78. The predicted octanol–water partition coefficient (Wildman–Crippen LogP) is 3.64. The molecular formula is C25H29N3O3. The molecule has 2 heterocycles. The summed E-state index contributed by atoms with van der Waals surface area (Å²) in [7, 11) is 1.68. The number of anilines is 1. The van der Waals surface area contributed by atoms with Crippen LogP contribution in [0.3, 0.4) is 0 Å². The van der Waals surface area contributed by atoms with Gasteiger partial charge in [0.1, 0.15) is 11.5 Å². The molecule has 0 unspecified atom stereocenters. The lowest BCUT2D eigenvalue weighted by atomic mass is 10.2. The number of amides is 1. The van der Waals surface area contributed by atoms with E-state index in [-0.39, 0.29) is 5.91 Å². The molecule has 1 fully saturated rings. The van der Waals surface area contributed by atoms with Crippen molar-refractivity contribution in [3.63, 3.8) is 0 Å². The molecule has 3 aromatic rings. The standard InChI is InChI=1S/C25H29N3O3/c1-30-23-11-9-22(10-12-23)27-15-13-26(14-16-27)20-25(29)28(19-24-8-5-17-31-24)18-21-6-3-2-4-7-21/h2-12,17H,13-16,18-20H2,1H3. The van der Waals surface area contributed by atoms with E-state index in [9.17, 15) is 4.79 Å². The van der Waals surface area contributed by atoms with Crippen LogP contribution in [-0.4, -0.2) is 55.5 Å². The lowest BCUT2D eigenvalue weighted by Crippen LogP contribution is -2.50. The third-order valence-corrected chi connectivity index (χ3v) is 5.66. The zero-order valence-electron chi connectivity index (χ0n) is 17.9. The highest BCUT2D eigenvalue weighted by Crippen LogP contribution is 2.20. The molecule has 1 aromatic heterocycles. The fourth-order valence-electron chi connectivity index (χ4n) is 3.88. The van der Waals surface area contributed by atoms with Crippen molar-refractivity contribution in [3.05, 3.63) is 84.3 Å². The predicted molar refractivity (Wildman–Crippen MR) is 121 cm³/mol. The Balaban J connectivity index is 1.34. The first-order valence-electron chi connectivity index (χ1n) is 10.7. The number of nitrogens with zero attached hydrogens (tertiary/aromatic N) is 3. The number of rotatable bonds is 8. The quantitative estimate of drug-likeness (QED) is 0.558. The Bertz CT molecular complexity index is 934. The lowest BCUT2D eigenvalue weighted by molar-refractivity contribution is -0.134. The van der Waals surface area contributed by atoms with Gasteiger partial charge in [-0.1, -0.05) is 30.3 Å². The summed E-state index contributed by atoms with van der Waals surface area (Å²) in [5, 5.41) is 0. The van der Waals surface area contributed by atoms with E-state index < -0.39 is 0 Å². The van der Waals surface area contributed by atoms with Gasteiger partial charge in [-0.25, -0.2) is 0 Å². The average Bonchev–Trinajstić information content (AvgIpc) is 3.33. The molecule has 1 aliphatic rings. The highest BCUT2D eigenvalue weighted by Gasteiger charge is 2.23. The normalized spacial score (nSPS) is 14.4. The SMILES string of the molecule is COc1ccc(N2CCN(CC(=O)N(Cc3ccccc3)Cc3ccco3)CC2)cc1. The molecule has 2 aromatic carbocycles. The summed E-state index contributed by atoms with van der Waals surface area (Å²) in [5.41, 5.74) is 2.31. The summed E-state index contributed by atoms with van der Waals surface area (Å²) in [6.45, 7) is 4.99. The maximum absolute atomic E-state index is 13.2. The average molecular weight is 420 g/mol. The van der Waals surface area contributed by atoms with Gasteiger partial charge in [0.05, 0.1) is 26.5 Å². The highest BCUT2D eigenvalue weighted by atomic mass is 16.5. The zero-order valence-corrected chi connectivity index (χ0v) is 17.9. The molecule has 1 aliphatic heterocycles. The summed E-state index contributed by atoms with van der Waals surface area (Å²) < 4.78 is 10.7. The molecule has 0 N–H and O–H groups in total. The zero-order chi connectivity index (χ0) is 21.5. The molecule has 0 atom stereocenters. The summed E-state index contributed by atoms with van der Waals surface area (Å²) >= 11 is 0. The van der Waals surface area contributed by atoms with Gasteiger partial charge in [-0.2, -0.15) is 0 Å². The molecule has 4 rings (SSSR count). The van der Waals surface area contributed by atoms with Crippen LogP contribution in [0.2, 0.25) is 0 Å². The van der Waals surface area contributed by atoms with Gasteiger partial charge in [0.2, 0.25) is 5.91 Å². The van der Waals surface area contributed by atoms with E-state index in [0.29, 0.717) is 19.6 Å². The van der Waals surface area contributed by atoms with Crippen molar-refractivity contribution < 1.29 is 13.9 Å². The maximum atomic E-state index is 13.2. The summed E-state index contributed by atoms with van der Waals surface area (Å²) in [5.74, 6) is 1.79. The number of carbonyl (C=O) groups is 1. The van der Waals surface area contributed by atoms with Crippen molar-refractivity contribution in [2.45, 2.75) is 13.1 Å². The van der Waals surface area contributed by atoms with Crippen LogP contribution in [0.1, 0.15) is 11.3 Å². The Morgan fingerprint density at radius 1 is 0.935 bits per heavy atom. The van der Waals surface area contributed by atoms with Gasteiger partial charge in [-0.05, 0) is 42.0 Å². The van der Waals surface area contributed by atoms with Crippen LogP contribution >= 0.6 is 0 Å². The summed E-state index contributed by atoms with van der Waals surface area (Å²) in [6, 6.07) is 22.0. The van der Waals surface area contributed by atoms with Crippen LogP contribution in [0.25, 0.3) is 0 Å². The fraction of sp³-hybridized carbons (Fsp3) is 0.320. The van der Waals surface area contributed by atoms with Crippen molar-refractivity contribution in [1.82, 2.24) is 9.80 Å². The van der Waals surface area contributed by atoms with Gasteiger partial charge >= 0.3 is 0 Å². The molecule has 1 amide bonds. The fourth-order valence-corrected chi connectivity index (χ4v) is 3.88. The van der Waals surface area contributed by atoms with Crippen LogP contribution < -0.4 is 9.64 Å². The van der Waals surface area contributed by atoms with Crippen LogP contribution in [0.4, 0.5) is 5.69 Å². The smallest absolute Gasteiger partial charge is 0.237 e. The van der Waals surface area contributed by atoms with Gasteiger partial charge in [0.15, 0.2) is 0 Å². The molecule has 162 valence electrons. The number of ether oxygens (including phenoxy) is 1. The van der Waals surface area contributed by atoms with Gasteiger partial charge in [-0.3, -0.25) is 9.69 Å². The first kappa shape index (κ1) is 21.0. The minimum atomic E-state index is 0.123. The largest absolute Gasteiger partial charge is 0.497 e. The van der Waals surface area contributed by atoms with E-state index >= 15 is 0 Å². The minimum Gasteiger partial charge on any atom is -0.497 e. The van der Waals surface area contributed by atoms with E-state index in [1.807, 2.05) is 47.4 Å². The monoisotopic (exact) mass is 419 g/mol. The summed E-state index contributed by atoms with van der Waals surface area (Å²) in [4.78, 5) is 19.6. The molecule has 6 heteroatoms. The van der Waals surface area contributed by atoms with E-state index in [1.165, 1.54) is 5.69 Å². The Kier molecular flexibility index (Phi) is 6.89. The topological polar surface area (TPSA) is 49.2 Å². The molecular weight excluding hydrogens is 390 g/mol. The van der Waals surface area contributed by atoms with Crippen LogP contribution in [-0.2, 0) is 17.9 Å². The van der Waals surface area contributed by atoms with Crippen LogP contribution in [0.15, 0.2) is 77.4 Å². The van der Waals surface area contributed by atoms with Crippen molar-refractivity contribution in [3.8, 4) is 5.75 Å². The number of piperazine rings is 1. The molecule has 1 saturated heterocycles. The second kappa shape index (κ2) is 10.2. The number of furan rings is 1. The lowest BCUT2D eigenvalue weighted by Gasteiger charge is -2.36. The Morgan fingerprint density at radius 3 is 2.32 bits per heavy atom. The molecule has 0 bridgehead atoms. The van der Waals surface area contributed by atoms with Crippen LogP contribution in [0, 0.1) is 0 Å². The Labute approximate surface area is 183 Å². The number of carbonyl (C=O) groups excluding carboxylic acids is 1. The first-order valence-corrected chi connectivity index (χ1v) is 10.7. The van der Waals surface area contributed by atoms with E-state index in [4.69, 9.17) is 9.15 Å². The first-order chi connectivity index (χ1) is 15.2. The molecule has 0 aliphatic carbocycles. The van der Waals surface area contributed by atoms with Crippen molar-refractivity contribution >= 4 is 11.6 Å². The number of hydrogen-bond donors (Lipinski definition) is 0.